The molecule has 0 aromatic carbocycles. The summed E-state index contributed by atoms with van der Waals surface area (Å²) in [4.78, 5) is 0. The molecule has 0 bridgehead atoms. The quantitative estimate of drug-likeness (QED) is 0.648. The second-order valence-corrected chi connectivity index (χ2v) is 5.56. The Morgan fingerprint density at radius 3 is 1.31 bits per heavy atom. The fraction of sp³-hybridized carbons (Fsp3) is 1.00. The highest BCUT2D eigenvalue weighted by molar-refractivity contribution is 4.81. The zero-order valence-electron chi connectivity index (χ0n) is 11.8. The third kappa shape index (κ3) is 7.20. The average Bonchev–Trinajstić information content (AvgIpc) is 2.01. The molecule has 0 aromatic heterocycles. The van der Waals surface area contributed by atoms with Gasteiger partial charge in [-0.25, -0.2) is 0 Å². The molecule has 0 spiro atoms. The van der Waals surface area contributed by atoms with Gasteiger partial charge in [0.05, 0.1) is 13.2 Å². The molecule has 100 valence electrons. The molecule has 3 nitrogen and oxygen atoms in total. The molecule has 0 radical (unpaired) electrons. The van der Waals surface area contributed by atoms with Crippen molar-refractivity contribution < 1.29 is 14.9 Å². The van der Waals surface area contributed by atoms with Crippen molar-refractivity contribution in [1.29, 1.82) is 0 Å². The highest BCUT2D eigenvalue weighted by atomic mass is 16.5. The second kappa shape index (κ2) is 8.97. The van der Waals surface area contributed by atoms with Crippen molar-refractivity contribution in [3.8, 4) is 0 Å². The predicted molar refractivity (Wildman–Crippen MR) is 68.7 cm³/mol. The molecule has 0 fully saturated rings. The molecular formula is C13H30O3. The first-order chi connectivity index (χ1) is 6.95. The summed E-state index contributed by atoms with van der Waals surface area (Å²) in [5.41, 5.74) is 0.200. The van der Waals surface area contributed by atoms with Gasteiger partial charge in [0.15, 0.2) is 0 Å². The summed E-state index contributed by atoms with van der Waals surface area (Å²) in [7, 11) is 3.57. The molecule has 0 rings (SSSR count). The van der Waals surface area contributed by atoms with Gasteiger partial charge in [0.1, 0.15) is 0 Å². The molecule has 3 heteroatoms. The van der Waals surface area contributed by atoms with Crippen LogP contribution in [0.1, 0.15) is 40.5 Å². The van der Waals surface area contributed by atoms with E-state index in [1.54, 1.807) is 14.2 Å². The van der Waals surface area contributed by atoms with Crippen molar-refractivity contribution >= 4 is 0 Å². The van der Waals surface area contributed by atoms with Crippen LogP contribution in [0.25, 0.3) is 0 Å². The van der Waals surface area contributed by atoms with Crippen LogP contribution in [-0.2, 0) is 9.47 Å². The third-order valence-corrected chi connectivity index (χ3v) is 2.58. The van der Waals surface area contributed by atoms with Crippen LogP contribution in [0.5, 0.6) is 0 Å². The Balaban J connectivity index is 0. The van der Waals surface area contributed by atoms with Crippen molar-refractivity contribution in [3.05, 3.63) is 0 Å². The van der Waals surface area contributed by atoms with E-state index in [9.17, 15) is 0 Å². The maximum absolute atomic E-state index is 5.38. The first kappa shape index (κ1) is 18.3. The van der Waals surface area contributed by atoms with Gasteiger partial charge in [-0.2, -0.15) is 0 Å². The monoisotopic (exact) mass is 234 g/mol. The zero-order chi connectivity index (χ0) is 11.9. The first-order valence-corrected chi connectivity index (χ1v) is 5.93. The fourth-order valence-corrected chi connectivity index (χ4v) is 2.71. The van der Waals surface area contributed by atoms with Crippen LogP contribution in [0.15, 0.2) is 0 Å². The normalized spacial score (nSPS) is 12.0. The summed E-state index contributed by atoms with van der Waals surface area (Å²) in [6, 6.07) is 0. The van der Waals surface area contributed by atoms with E-state index in [-0.39, 0.29) is 10.9 Å². The Morgan fingerprint density at radius 2 is 1.12 bits per heavy atom. The molecule has 0 saturated carbocycles. The highest BCUT2D eigenvalue weighted by Gasteiger charge is 2.32. The zero-order valence-corrected chi connectivity index (χ0v) is 11.8. The summed E-state index contributed by atoms with van der Waals surface area (Å²) in [6.45, 7) is 10.7. The summed E-state index contributed by atoms with van der Waals surface area (Å²) in [6.07, 6.45) is 2.35. The molecule has 16 heavy (non-hydrogen) atoms. The van der Waals surface area contributed by atoms with Crippen molar-refractivity contribution in [2.75, 3.05) is 27.4 Å². The molecule has 0 atom stereocenters. The highest BCUT2D eigenvalue weighted by Crippen LogP contribution is 2.34. The van der Waals surface area contributed by atoms with E-state index in [1.165, 1.54) is 12.8 Å². The predicted octanol–water partition coefficient (Wildman–Crippen LogP) is 2.53. The molecule has 0 aliphatic heterocycles. The summed E-state index contributed by atoms with van der Waals surface area (Å²) >= 11 is 0. The Kier molecular flexibility index (Phi) is 10.2. The minimum atomic E-state index is 0. The van der Waals surface area contributed by atoms with E-state index in [0.717, 1.165) is 13.2 Å². The lowest BCUT2D eigenvalue weighted by Crippen LogP contribution is -2.34. The van der Waals surface area contributed by atoms with Crippen LogP contribution < -0.4 is 0 Å². The smallest absolute Gasteiger partial charge is 0.0540 e. The van der Waals surface area contributed by atoms with Crippen molar-refractivity contribution in [2.45, 2.75) is 40.5 Å². The summed E-state index contributed by atoms with van der Waals surface area (Å²) in [5, 5.41) is 0. The van der Waals surface area contributed by atoms with E-state index in [2.05, 4.69) is 27.7 Å². The molecule has 0 saturated heterocycles. The lowest BCUT2D eigenvalue weighted by molar-refractivity contribution is -0.0163. The van der Waals surface area contributed by atoms with Crippen LogP contribution in [0, 0.1) is 17.3 Å². The molecular weight excluding hydrogens is 204 g/mol. The van der Waals surface area contributed by atoms with Crippen molar-refractivity contribution in [1.82, 2.24) is 0 Å². The molecule has 0 aliphatic carbocycles. The second-order valence-electron chi connectivity index (χ2n) is 5.56. The number of rotatable bonds is 8. The first-order valence-electron chi connectivity index (χ1n) is 5.93. The molecule has 0 unspecified atom stereocenters. The van der Waals surface area contributed by atoms with E-state index < -0.39 is 0 Å². The minimum Gasteiger partial charge on any atom is -0.412 e. The van der Waals surface area contributed by atoms with E-state index in [0.29, 0.717) is 11.8 Å². The average molecular weight is 234 g/mol. The maximum Gasteiger partial charge on any atom is 0.0540 e. The van der Waals surface area contributed by atoms with Crippen LogP contribution in [0.4, 0.5) is 0 Å². The summed E-state index contributed by atoms with van der Waals surface area (Å²) in [5.74, 6) is 1.38. The Hall–Kier alpha value is -0.120. The minimum absolute atomic E-state index is 0. The number of hydrogen-bond donors (Lipinski definition) is 0. The fourth-order valence-electron chi connectivity index (χ4n) is 2.71. The van der Waals surface area contributed by atoms with Crippen LogP contribution in [-0.4, -0.2) is 32.9 Å². The van der Waals surface area contributed by atoms with E-state index in [4.69, 9.17) is 9.47 Å². The van der Waals surface area contributed by atoms with Gasteiger partial charge in [-0.3, -0.25) is 0 Å². The van der Waals surface area contributed by atoms with Crippen LogP contribution in [0.2, 0.25) is 0 Å². The van der Waals surface area contributed by atoms with Crippen LogP contribution >= 0.6 is 0 Å². The van der Waals surface area contributed by atoms with E-state index in [1.807, 2.05) is 0 Å². The number of hydrogen-bond acceptors (Lipinski definition) is 2. The number of ether oxygens (including phenoxy) is 2. The van der Waals surface area contributed by atoms with Gasteiger partial charge in [-0.05, 0) is 24.7 Å². The van der Waals surface area contributed by atoms with Gasteiger partial charge in [-0.1, -0.05) is 27.7 Å². The molecule has 0 aromatic rings. The van der Waals surface area contributed by atoms with Crippen molar-refractivity contribution in [3.63, 3.8) is 0 Å². The summed E-state index contributed by atoms with van der Waals surface area (Å²) < 4.78 is 10.8. The Labute approximate surface area is 101 Å². The third-order valence-electron chi connectivity index (χ3n) is 2.58. The maximum atomic E-state index is 5.38. The van der Waals surface area contributed by atoms with Crippen LogP contribution in [0.3, 0.4) is 0 Å². The molecule has 2 N–H and O–H groups in total. The molecule has 0 aliphatic rings. The van der Waals surface area contributed by atoms with E-state index >= 15 is 0 Å². The molecule has 0 amide bonds. The lowest BCUT2D eigenvalue weighted by atomic mass is 9.75. The van der Waals surface area contributed by atoms with Gasteiger partial charge in [0, 0.05) is 19.6 Å². The topological polar surface area (TPSA) is 50.0 Å². The Morgan fingerprint density at radius 1 is 0.812 bits per heavy atom. The van der Waals surface area contributed by atoms with Gasteiger partial charge in [0.25, 0.3) is 0 Å². The standard InChI is InChI=1S/C13H28O2.H2O/c1-11(2)7-13(9-14-5,10-15-6)8-12(3)4;/h11-12H,7-10H2,1-6H3;1H2. The van der Waals surface area contributed by atoms with Crippen molar-refractivity contribution in [2.24, 2.45) is 17.3 Å². The SMILES string of the molecule is COCC(COC)(CC(C)C)CC(C)C.O. The number of methoxy groups -OCH3 is 2. The lowest BCUT2D eigenvalue weighted by Gasteiger charge is -2.35. The van der Waals surface area contributed by atoms with Gasteiger partial charge < -0.3 is 14.9 Å². The molecule has 0 heterocycles. The largest absolute Gasteiger partial charge is 0.412 e. The van der Waals surface area contributed by atoms with Gasteiger partial charge >= 0.3 is 0 Å². The Bertz CT molecular complexity index is 137. The van der Waals surface area contributed by atoms with Gasteiger partial charge in [-0.15, -0.1) is 0 Å². The van der Waals surface area contributed by atoms with Gasteiger partial charge in [0.2, 0.25) is 0 Å².